The lowest BCUT2D eigenvalue weighted by atomic mass is 9.93. The third-order valence-corrected chi connectivity index (χ3v) is 5.08. The normalized spacial score (nSPS) is 15.4. The van der Waals surface area contributed by atoms with Crippen molar-refractivity contribution in [3.63, 3.8) is 0 Å². The van der Waals surface area contributed by atoms with Crippen LogP contribution < -0.4 is 10.1 Å². The van der Waals surface area contributed by atoms with Crippen LogP contribution in [0.2, 0.25) is 0 Å². The van der Waals surface area contributed by atoms with Crippen molar-refractivity contribution in [2.45, 2.75) is 33.1 Å². The molecule has 2 aromatic rings. The van der Waals surface area contributed by atoms with Gasteiger partial charge in [-0.2, -0.15) is 0 Å². The first-order chi connectivity index (χ1) is 12.1. The number of hydrogen-bond acceptors (Lipinski definition) is 4. The summed E-state index contributed by atoms with van der Waals surface area (Å²) in [6.45, 7) is 6.39. The van der Waals surface area contributed by atoms with Gasteiger partial charge in [-0.3, -0.25) is 4.79 Å². The van der Waals surface area contributed by atoms with Gasteiger partial charge in [0.15, 0.2) is 0 Å². The zero-order chi connectivity index (χ0) is 17.8. The molecule has 1 aromatic heterocycles. The van der Waals surface area contributed by atoms with Gasteiger partial charge in [0.2, 0.25) is 5.91 Å². The second-order valence-corrected chi connectivity index (χ2v) is 6.83. The van der Waals surface area contributed by atoms with Gasteiger partial charge in [0.25, 0.3) is 0 Å². The van der Waals surface area contributed by atoms with Crippen LogP contribution in [0.15, 0.2) is 24.3 Å². The van der Waals surface area contributed by atoms with E-state index in [0.717, 1.165) is 66.9 Å². The van der Waals surface area contributed by atoms with Gasteiger partial charge in [0.1, 0.15) is 11.3 Å². The molecule has 5 heteroatoms. The minimum atomic E-state index is 0.198. The van der Waals surface area contributed by atoms with Crippen LogP contribution in [0.5, 0.6) is 5.75 Å². The Labute approximate surface area is 149 Å². The predicted molar refractivity (Wildman–Crippen MR) is 101 cm³/mol. The fourth-order valence-corrected chi connectivity index (χ4v) is 3.61. The van der Waals surface area contributed by atoms with Gasteiger partial charge in [-0.25, -0.2) is 4.98 Å². The Bertz CT molecular complexity index is 752. The molecule has 0 bridgehead atoms. The average molecular weight is 341 g/mol. The van der Waals surface area contributed by atoms with Crippen molar-refractivity contribution in [2.24, 2.45) is 5.92 Å². The number of para-hydroxylation sites is 1. The first-order valence-electron chi connectivity index (χ1n) is 9.02. The fraction of sp³-hybridized carbons (Fsp3) is 0.500. The molecule has 1 saturated heterocycles. The molecule has 0 aliphatic carbocycles. The number of fused-ring (bicyclic) bond motifs is 1. The Morgan fingerprint density at radius 1 is 1.36 bits per heavy atom. The third kappa shape index (κ3) is 4.03. The van der Waals surface area contributed by atoms with E-state index in [1.54, 1.807) is 14.0 Å². The number of aromatic nitrogens is 1. The average Bonchev–Trinajstić information content (AvgIpc) is 2.61. The van der Waals surface area contributed by atoms with E-state index in [9.17, 15) is 4.79 Å². The Morgan fingerprint density at radius 3 is 2.80 bits per heavy atom. The van der Waals surface area contributed by atoms with E-state index < -0.39 is 0 Å². The quantitative estimate of drug-likeness (QED) is 0.902. The minimum absolute atomic E-state index is 0.198. The summed E-state index contributed by atoms with van der Waals surface area (Å²) in [5.74, 6) is 1.69. The van der Waals surface area contributed by atoms with E-state index in [2.05, 4.69) is 22.4 Å². The SMILES string of the molecule is COc1cccc2c(NCCC3CCN(C(C)=O)CC3)cc(C)nc12. The van der Waals surface area contributed by atoms with Crippen LogP contribution in [0.4, 0.5) is 5.69 Å². The van der Waals surface area contributed by atoms with Crippen molar-refractivity contribution < 1.29 is 9.53 Å². The molecule has 0 spiro atoms. The molecular weight excluding hydrogens is 314 g/mol. The maximum absolute atomic E-state index is 11.4. The number of piperidine rings is 1. The number of nitrogens with one attached hydrogen (secondary N) is 1. The van der Waals surface area contributed by atoms with E-state index in [0.29, 0.717) is 5.92 Å². The summed E-state index contributed by atoms with van der Waals surface area (Å²) in [7, 11) is 1.68. The van der Waals surface area contributed by atoms with Gasteiger partial charge in [0.05, 0.1) is 7.11 Å². The highest BCUT2D eigenvalue weighted by Gasteiger charge is 2.20. The molecule has 1 aromatic carbocycles. The lowest BCUT2D eigenvalue weighted by molar-refractivity contribution is -0.130. The highest BCUT2D eigenvalue weighted by atomic mass is 16.5. The number of hydrogen-bond donors (Lipinski definition) is 1. The van der Waals surface area contributed by atoms with Crippen LogP contribution in [0, 0.1) is 12.8 Å². The smallest absolute Gasteiger partial charge is 0.219 e. The highest BCUT2D eigenvalue weighted by molar-refractivity contribution is 5.95. The summed E-state index contributed by atoms with van der Waals surface area (Å²) in [5.41, 5.74) is 3.00. The number of nitrogens with zero attached hydrogens (tertiary/aromatic N) is 2. The zero-order valence-corrected chi connectivity index (χ0v) is 15.3. The van der Waals surface area contributed by atoms with Crippen LogP contribution >= 0.6 is 0 Å². The largest absolute Gasteiger partial charge is 0.494 e. The number of methoxy groups -OCH3 is 1. The third-order valence-electron chi connectivity index (χ3n) is 5.08. The van der Waals surface area contributed by atoms with Crippen LogP contribution in [0.1, 0.15) is 31.9 Å². The molecule has 0 radical (unpaired) electrons. The van der Waals surface area contributed by atoms with Crippen LogP contribution in [-0.2, 0) is 4.79 Å². The molecule has 2 heterocycles. The van der Waals surface area contributed by atoms with Gasteiger partial charge in [0, 0.05) is 43.3 Å². The number of aryl methyl sites for hydroxylation is 1. The number of benzene rings is 1. The molecule has 1 aliphatic rings. The first kappa shape index (κ1) is 17.5. The summed E-state index contributed by atoms with van der Waals surface area (Å²) >= 11 is 0. The summed E-state index contributed by atoms with van der Waals surface area (Å²) in [4.78, 5) is 18.0. The summed E-state index contributed by atoms with van der Waals surface area (Å²) in [6.07, 6.45) is 3.33. The van der Waals surface area contributed by atoms with Crippen LogP contribution in [0.3, 0.4) is 0 Å². The predicted octanol–water partition coefficient (Wildman–Crippen LogP) is 3.61. The zero-order valence-electron chi connectivity index (χ0n) is 15.3. The molecule has 1 fully saturated rings. The van der Waals surface area contributed by atoms with E-state index in [1.807, 2.05) is 24.0 Å². The molecule has 1 aliphatic heterocycles. The Morgan fingerprint density at radius 2 is 2.12 bits per heavy atom. The van der Waals surface area contributed by atoms with E-state index in [-0.39, 0.29) is 5.91 Å². The van der Waals surface area contributed by atoms with Gasteiger partial charge < -0.3 is 15.0 Å². The molecule has 134 valence electrons. The lowest BCUT2D eigenvalue weighted by Crippen LogP contribution is -2.37. The number of rotatable bonds is 5. The number of likely N-dealkylation sites (tertiary alicyclic amines) is 1. The van der Waals surface area contributed by atoms with Gasteiger partial charge in [-0.15, -0.1) is 0 Å². The second-order valence-electron chi connectivity index (χ2n) is 6.83. The molecular formula is C20H27N3O2. The summed E-state index contributed by atoms with van der Waals surface area (Å²) in [5, 5.41) is 4.68. The summed E-state index contributed by atoms with van der Waals surface area (Å²) < 4.78 is 5.44. The molecule has 3 rings (SSSR count). The molecule has 0 unspecified atom stereocenters. The van der Waals surface area contributed by atoms with E-state index >= 15 is 0 Å². The van der Waals surface area contributed by atoms with E-state index in [4.69, 9.17) is 4.74 Å². The van der Waals surface area contributed by atoms with Gasteiger partial charge in [-0.1, -0.05) is 12.1 Å². The topological polar surface area (TPSA) is 54.5 Å². The van der Waals surface area contributed by atoms with Crippen molar-refractivity contribution in [3.05, 3.63) is 30.0 Å². The Hall–Kier alpha value is -2.30. The first-order valence-corrected chi connectivity index (χ1v) is 9.02. The molecule has 0 saturated carbocycles. The maximum Gasteiger partial charge on any atom is 0.219 e. The molecule has 0 atom stereocenters. The number of ether oxygens (including phenoxy) is 1. The molecule has 1 N–H and O–H groups in total. The highest BCUT2D eigenvalue weighted by Crippen LogP contribution is 2.30. The standard InChI is InChI=1S/C20H27N3O2/c1-14-13-18(17-5-4-6-19(25-3)20(17)22-14)21-10-7-16-8-11-23(12-9-16)15(2)24/h4-6,13,16H,7-12H2,1-3H3,(H,21,22). The molecule has 25 heavy (non-hydrogen) atoms. The Kier molecular flexibility index (Phi) is 5.41. The van der Waals surface area contributed by atoms with Crippen molar-refractivity contribution in [1.29, 1.82) is 0 Å². The summed E-state index contributed by atoms with van der Waals surface area (Å²) in [6, 6.07) is 8.13. The number of anilines is 1. The number of carbonyl (C=O) groups excluding carboxylic acids is 1. The minimum Gasteiger partial charge on any atom is -0.494 e. The Balaban J connectivity index is 1.63. The lowest BCUT2D eigenvalue weighted by Gasteiger charge is -2.31. The van der Waals surface area contributed by atoms with Crippen molar-refractivity contribution in [1.82, 2.24) is 9.88 Å². The van der Waals surface area contributed by atoms with Crippen molar-refractivity contribution >= 4 is 22.5 Å². The number of amides is 1. The number of carbonyl (C=O) groups is 1. The molecule has 1 amide bonds. The number of pyridine rings is 1. The van der Waals surface area contributed by atoms with Crippen molar-refractivity contribution in [3.8, 4) is 5.75 Å². The van der Waals surface area contributed by atoms with E-state index in [1.165, 1.54) is 0 Å². The monoisotopic (exact) mass is 341 g/mol. The van der Waals surface area contributed by atoms with Gasteiger partial charge in [-0.05, 0) is 44.2 Å². The fourth-order valence-electron chi connectivity index (χ4n) is 3.61. The maximum atomic E-state index is 11.4. The van der Waals surface area contributed by atoms with Gasteiger partial charge >= 0.3 is 0 Å². The van der Waals surface area contributed by atoms with Crippen molar-refractivity contribution in [2.75, 3.05) is 32.1 Å². The second kappa shape index (κ2) is 7.72. The van der Waals surface area contributed by atoms with Crippen LogP contribution in [-0.4, -0.2) is 42.5 Å². The van der Waals surface area contributed by atoms with Crippen LogP contribution in [0.25, 0.3) is 10.9 Å². The molecule has 5 nitrogen and oxygen atoms in total.